The van der Waals surface area contributed by atoms with Crippen molar-refractivity contribution in [1.29, 1.82) is 0 Å². The molecule has 0 spiro atoms. The van der Waals surface area contributed by atoms with Gasteiger partial charge in [-0.2, -0.15) is 13.2 Å². The highest BCUT2D eigenvalue weighted by Crippen LogP contribution is 2.37. The molecule has 14 heteroatoms. The van der Waals surface area contributed by atoms with Crippen LogP contribution in [0.1, 0.15) is 73.7 Å². The van der Waals surface area contributed by atoms with Crippen LogP contribution in [0.2, 0.25) is 0 Å². The number of imidazole rings is 1. The van der Waals surface area contributed by atoms with E-state index in [1.807, 2.05) is 25.5 Å². The molecule has 2 amide bonds. The lowest BCUT2D eigenvalue weighted by molar-refractivity contribution is -0.137. The number of benzene rings is 3. The lowest BCUT2D eigenvalue weighted by atomic mass is 10.0. The van der Waals surface area contributed by atoms with Crippen LogP contribution in [0.4, 0.5) is 28.0 Å². The number of carbonyl (C=O) groups excluding carboxylic acids is 2. The topological polar surface area (TPSA) is 111 Å². The number of sulfonamides is 1. The Labute approximate surface area is 289 Å². The van der Waals surface area contributed by atoms with Gasteiger partial charge in [0.05, 0.1) is 35.0 Å². The molecule has 3 aromatic carbocycles. The summed E-state index contributed by atoms with van der Waals surface area (Å²) in [5.74, 6) is -0.747. The van der Waals surface area contributed by atoms with Crippen molar-refractivity contribution in [3.8, 4) is 11.1 Å². The van der Waals surface area contributed by atoms with E-state index in [2.05, 4.69) is 4.98 Å². The first-order valence-electron chi connectivity index (χ1n) is 16.2. The molecule has 50 heavy (non-hydrogen) atoms. The first-order valence-corrected chi connectivity index (χ1v) is 17.7. The Hall–Kier alpha value is -4.72. The summed E-state index contributed by atoms with van der Waals surface area (Å²) < 4.78 is 92.3. The second-order valence-electron chi connectivity index (χ2n) is 12.1. The van der Waals surface area contributed by atoms with Crippen molar-refractivity contribution in [3.05, 3.63) is 101 Å². The van der Waals surface area contributed by atoms with Gasteiger partial charge in [-0.1, -0.05) is 70.2 Å². The van der Waals surface area contributed by atoms with Crippen molar-refractivity contribution in [2.45, 2.75) is 71.0 Å². The number of nitrogens with zero attached hydrogens (tertiary/aromatic N) is 3. The summed E-state index contributed by atoms with van der Waals surface area (Å²) in [6.07, 6.45) is -3.94. The van der Waals surface area contributed by atoms with Crippen molar-refractivity contribution in [2.75, 3.05) is 18.6 Å². The predicted octanol–water partition coefficient (Wildman–Crippen LogP) is 8.01. The summed E-state index contributed by atoms with van der Waals surface area (Å²) >= 11 is 0. The van der Waals surface area contributed by atoms with Gasteiger partial charge >= 0.3 is 12.3 Å². The maximum atomic E-state index is 15.9. The highest BCUT2D eigenvalue weighted by Gasteiger charge is 2.36. The SMILES string of the molecule is CCCc1nc(CC)c(C(=O)N(C)c2ccccc2C(F)(F)F)n1Cc1ccc(-c2ccccc2S(=O)(=O)NC(=O)OCCC(C)C)cc1F. The number of carbonyl (C=O) groups is 2. The van der Waals surface area contributed by atoms with Crippen molar-refractivity contribution < 1.29 is 40.3 Å². The van der Waals surface area contributed by atoms with Gasteiger partial charge < -0.3 is 14.2 Å². The molecule has 0 saturated heterocycles. The third kappa shape index (κ3) is 8.70. The molecule has 0 aliphatic heterocycles. The van der Waals surface area contributed by atoms with Gasteiger partial charge in [0.2, 0.25) is 0 Å². The van der Waals surface area contributed by atoms with E-state index in [1.54, 1.807) is 13.0 Å². The molecular weight excluding hydrogens is 676 g/mol. The Morgan fingerprint density at radius 3 is 2.34 bits per heavy atom. The summed E-state index contributed by atoms with van der Waals surface area (Å²) in [4.78, 5) is 31.5. The van der Waals surface area contributed by atoms with Crippen molar-refractivity contribution in [1.82, 2.24) is 14.3 Å². The van der Waals surface area contributed by atoms with Gasteiger partial charge in [0.25, 0.3) is 15.9 Å². The van der Waals surface area contributed by atoms with E-state index in [0.717, 1.165) is 17.0 Å². The van der Waals surface area contributed by atoms with Crippen molar-refractivity contribution in [2.24, 2.45) is 5.92 Å². The molecule has 1 N–H and O–H groups in total. The molecule has 4 aromatic rings. The van der Waals surface area contributed by atoms with Crippen LogP contribution in [-0.4, -0.2) is 43.6 Å². The lowest BCUT2D eigenvalue weighted by Crippen LogP contribution is -2.32. The van der Waals surface area contributed by atoms with Gasteiger partial charge in [0, 0.05) is 24.6 Å². The third-order valence-electron chi connectivity index (χ3n) is 8.02. The van der Waals surface area contributed by atoms with Gasteiger partial charge in [0.15, 0.2) is 0 Å². The molecular formula is C36H40F4N4O5S. The summed E-state index contributed by atoms with van der Waals surface area (Å²) in [6.45, 7) is 7.39. The van der Waals surface area contributed by atoms with E-state index in [-0.39, 0.29) is 52.0 Å². The average Bonchev–Trinajstić information content (AvgIpc) is 3.40. The lowest BCUT2D eigenvalue weighted by Gasteiger charge is -2.23. The second-order valence-corrected chi connectivity index (χ2v) is 13.8. The highest BCUT2D eigenvalue weighted by molar-refractivity contribution is 7.90. The van der Waals surface area contributed by atoms with Crippen LogP contribution < -0.4 is 9.62 Å². The van der Waals surface area contributed by atoms with Crippen LogP contribution in [0.25, 0.3) is 11.1 Å². The number of halogens is 4. The maximum Gasteiger partial charge on any atom is 0.421 e. The third-order valence-corrected chi connectivity index (χ3v) is 9.39. The fourth-order valence-corrected chi connectivity index (χ4v) is 6.55. The Balaban J connectivity index is 1.70. The molecule has 0 saturated carbocycles. The zero-order chi connectivity index (χ0) is 36.8. The van der Waals surface area contributed by atoms with Crippen LogP contribution in [0.5, 0.6) is 0 Å². The minimum Gasteiger partial charge on any atom is -0.449 e. The Bertz CT molecular complexity index is 1960. The van der Waals surface area contributed by atoms with Gasteiger partial charge in [-0.05, 0) is 55.0 Å². The van der Waals surface area contributed by atoms with Crippen LogP contribution in [0.15, 0.2) is 71.6 Å². The fraction of sp³-hybridized carbons (Fsp3) is 0.361. The number of para-hydroxylation sites is 1. The normalized spacial score (nSPS) is 11.9. The summed E-state index contributed by atoms with van der Waals surface area (Å²) in [5, 5.41) is 0. The number of amides is 2. The zero-order valence-corrected chi connectivity index (χ0v) is 29.3. The van der Waals surface area contributed by atoms with Gasteiger partial charge in [-0.15, -0.1) is 0 Å². The number of ether oxygens (including phenoxy) is 1. The largest absolute Gasteiger partial charge is 0.449 e. The van der Waals surface area contributed by atoms with Crippen LogP contribution in [-0.2, 0) is 40.3 Å². The summed E-state index contributed by atoms with van der Waals surface area (Å²) in [7, 11) is -3.15. The van der Waals surface area contributed by atoms with E-state index in [1.165, 1.54) is 60.1 Å². The number of hydrogen-bond donors (Lipinski definition) is 1. The van der Waals surface area contributed by atoms with Gasteiger partial charge in [-0.3, -0.25) is 4.79 Å². The minimum atomic E-state index is -4.71. The van der Waals surface area contributed by atoms with Crippen molar-refractivity contribution >= 4 is 27.7 Å². The number of hydrogen-bond acceptors (Lipinski definition) is 6. The number of aromatic nitrogens is 2. The molecule has 4 rings (SSSR count). The molecule has 0 unspecified atom stereocenters. The van der Waals surface area contributed by atoms with Crippen molar-refractivity contribution in [3.63, 3.8) is 0 Å². The molecule has 0 aliphatic rings. The van der Waals surface area contributed by atoms with Crippen LogP contribution in [0.3, 0.4) is 0 Å². The number of alkyl halides is 3. The van der Waals surface area contributed by atoms with E-state index in [9.17, 15) is 31.2 Å². The quantitative estimate of drug-likeness (QED) is 0.140. The molecule has 268 valence electrons. The molecule has 1 aromatic heterocycles. The van der Waals surface area contributed by atoms with Crippen LogP contribution in [0, 0.1) is 11.7 Å². The molecule has 0 atom stereocenters. The number of nitrogens with one attached hydrogen (secondary N) is 1. The zero-order valence-electron chi connectivity index (χ0n) is 28.5. The smallest absolute Gasteiger partial charge is 0.421 e. The van der Waals surface area contributed by atoms with Gasteiger partial charge in [0.1, 0.15) is 17.3 Å². The first-order chi connectivity index (χ1) is 23.6. The molecule has 0 fully saturated rings. The fourth-order valence-electron chi connectivity index (χ4n) is 5.43. The van der Waals surface area contributed by atoms with E-state index in [0.29, 0.717) is 37.2 Å². The van der Waals surface area contributed by atoms with Gasteiger partial charge in [-0.25, -0.2) is 27.3 Å². The molecule has 0 bridgehead atoms. The Kier molecular flexibility index (Phi) is 12.1. The Morgan fingerprint density at radius 2 is 1.70 bits per heavy atom. The maximum absolute atomic E-state index is 15.9. The predicted molar refractivity (Wildman–Crippen MR) is 182 cm³/mol. The van der Waals surface area contributed by atoms with E-state index < -0.39 is 39.6 Å². The number of aryl methyl sites for hydroxylation is 2. The summed E-state index contributed by atoms with van der Waals surface area (Å²) in [6, 6.07) is 14.7. The monoisotopic (exact) mass is 716 g/mol. The molecule has 9 nitrogen and oxygen atoms in total. The number of anilines is 1. The first kappa shape index (κ1) is 38.1. The highest BCUT2D eigenvalue weighted by atomic mass is 32.2. The average molecular weight is 717 g/mol. The van der Waals surface area contributed by atoms with E-state index in [4.69, 9.17) is 4.74 Å². The standard InChI is InChI=1S/C36H40F4N4O5S/c1-6-12-32-41-29(7-2)33(34(45)43(5)30-15-10-9-14-27(30)36(38,39)40)44(32)22-25-18-17-24(21-28(25)37)26-13-8-11-16-31(26)50(47,48)42-35(46)49-20-19-23(3)4/h8-11,13-18,21,23H,6-7,12,19-20,22H2,1-5H3,(H,42,46). The molecule has 1 heterocycles. The Morgan fingerprint density at radius 1 is 1.02 bits per heavy atom. The van der Waals surface area contributed by atoms with E-state index >= 15 is 4.39 Å². The van der Waals surface area contributed by atoms with Crippen LogP contribution >= 0.6 is 0 Å². The minimum absolute atomic E-state index is 0.0361. The summed E-state index contributed by atoms with van der Waals surface area (Å²) in [5.41, 5.74) is -0.443. The molecule has 0 aliphatic carbocycles. The molecule has 0 radical (unpaired) electrons. The second kappa shape index (κ2) is 15.9. The number of rotatable bonds is 13.